The first kappa shape index (κ1) is 15.5. The Morgan fingerprint density at radius 1 is 1.40 bits per heavy atom. The predicted molar refractivity (Wildman–Crippen MR) is 74.8 cm³/mol. The summed E-state index contributed by atoms with van der Waals surface area (Å²) in [6.45, 7) is 1.61. The topological polar surface area (TPSA) is 80.6 Å². The standard InChI is InChI=1S/C13H22N2O4S/c1-14-9-11-3-4-12(19-11)20(16,17)15-10-13(5-6-13)7-8-18-2/h3-4,14-15H,5-10H2,1-2H3. The predicted octanol–water partition coefficient (Wildman–Crippen LogP) is 1.09. The molecule has 1 aliphatic carbocycles. The lowest BCUT2D eigenvalue weighted by molar-refractivity contribution is 0.173. The zero-order valence-electron chi connectivity index (χ0n) is 11.9. The Morgan fingerprint density at radius 2 is 2.15 bits per heavy atom. The molecule has 0 aromatic carbocycles. The van der Waals surface area contributed by atoms with E-state index < -0.39 is 10.0 Å². The number of methoxy groups -OCH3 is 1. The molecule has 2 N–H and O–H groups in total. The average Bonchev–Trinajstić information content (AvgIpc) is 3.04. The summed E-state index contributed by atoms with van der Waals surface area (Å²) in [5.74, 6) is 0.605. The largest absolute Gasteiger partial charge is 0.447 e. The number of furan rings is 1. The van der Waals surface area contributed by atoms with Crippen LogP contribution in [-0.2, 0) is 21.3 Å². The molecule has 0 amide bonds. The monoisotopic (exact) mass is 302 g/mol. The van der Waals surface area contributed by atoms with E-state index in [0.717, 1.165) is 19.3 Å². The van der Waals surface area contributed by atoms with Gasteiger partial charge in [-0.2, -0.15) is 0 Å². The van der Waals surface area contributed by atoms with Crippen molar-refractivity contribution in [2.45, 2.75) is 30.9 Å². The Bertz CT molecular complexity index is 534. The van der Waals surface area contributed by atoms with Crippen LogP contribution in [-0.4, -0.2) is 35.7 Å². The van der Waals surface area contributed by atoms with E-state index in [9.17, 15) is 8.42 Å². The van der Waals surface area contributed by atoms with Crippen molar-refractivity contribution in [1.82, 2.24) is 10.0 Å². The fourth-order valence-electron chi connectivity index (χ4n) is 2.10. The number of nitrogens with one attached hydrogen (secondary N) is 2. The van der Waals surface area contributed by atoms with Gasteiger partial charge in [-0.05, 0) is 43.9 Å². The van der Waals surface area contributed by atoms with Crippen molar-refractivity contribution < 1.29 is 17.6 Å². The van der Waals surface area contributed by atoms with Gasteiger partial charge in [-0.3, -0.25) is 0 Å². The second kappa shape index (κ2) is 6.26. The van der Waals surface area contributed by atoms with Crippen LogP contribution in [0.5, 0.6) is 0 Å². The van der Waals surface area contributed by atoms with Crippen LogP contribution in [0.25, 0.3) is 0 Å². The van der Waals surface area contributed by atoms with E-state index in [4.69, 9.17) is 9.15 Å². The highest BCUT2D eigenvalue weighted by Crippen LogP contribution is 2.48. The molecule has 0 bridgehead atoms. The van der Waals surface area contributed by atoms with Crippen LogP contribution < -0.4 is 10.0 Å². The normalized spacial score (nSPS) is 17.3. The summed E-state index contributed by atoms with van der Waals surface area (Å²) in [4.78, 5) is 0. The molecule has 1 aromatic rings. The molecular weight excluding hydrogens is 280 g/mol. The molecule has 0 radical (unpaired) electrons. The van der Waals surface area contributed by atoms with Gasteiger partial charge < -0.3 is 14.5 Å². The van der Waals surface area contributed by atoms with Crippen LogP contribution in [0, 0.1) is 5.41 Å². The Labute approximate surface area is 119 Å². The summed E-state index contributed by atoms with van der Waals surface area (Å²) < 4.78 is 37.3. The molecule has 0 saturated heterocycles. The lowest BCUT2D eigenvalue weighted by Crippen LogP contribution is -2.30. The van der Waals surface area contributed by atoms with E-state index in [2.05, 4.69) is 10.0 Å². The molecule has 2 rings (SSSR count). The highest BCUT2D eigenvalue weighted by atomic mass is 32.2. The molecule has 0 atom stereocenters. The number of sulfonamides is 1. The van der Waals surface area contributed by atoms with Crippen LogP contribution in [0.1, 0.15) is 25.0 Å². The Kier molecular flexibility index (Phi) is 4.85. The van der Waals surface area contributed by atoms with Gasteiger partial charge >= 0.3 is 0 Å². The highest BCUT2D eigenvalue weighted by molar-refractivity contribution is 7.89. The van der Waals surface area contributed by atoms with Crippen LogP contribution >= 0.6 is 0 Å². The van der Waals surface area contributed by atoms with Gasteiger partial charge in [0.25, 0.3) is 10.0 Å². The zero-order chi connectivity index (χ0) is 14.6. The highest BCUT2D eigenvalue weighted by Gasteiger charge is 2.42. The van der Waals surface area contributed by atoms with Gasteiger partial charge in [0.15, 0.2) is 0 Å². The minimum absolute atomic E-state index is 0.0229. The van der Waals surface area contributed by atoms with Crippen LogP contribution in [0.3, 0.4) is 0 Å². The van der Waals surface area contributed by atoms with E-state index in [1.165, 1.54) is 6.07 Å². The first-order valence-corrected chi connectivity index (χ1v) is 8.22. The molecule has 20 heavy (non-hydrogen) atoms. The molecule has 1 heterocycles. The number of hydrogen-bond acceptors (Lipinski definition) is 5. The maximum atomic E-state index is 12.1. The lowest BCUT2D eigenvalue weighted by atomic mass is 10.0. The third-order valence-corrected chi connectivity index (χ3v) is 4.96. The molecule has 114 valence electrons. The molecule has 6 nitrogen and oxygen atoms in total. The molecule has 0 aliphatic heterocycles. The number of rotatable bonds is 9. The quantitative estimate of drug-likeness (QED) is 0.714. The van der Waals surface area contributed by atoms with Crippen LogP contribution in [0.4, 0.5) is 0 Å². The van der Waals surface area contributed by atoms with E-state index >= 15 is 0 Å². The van der Waals surface area contributed by atoms with Crippen molar-refractivity contribution >= 4 is 10.0 Å². The first-order valence-electron chi connectivity index (χ1n) is 6.73. The third kappa shape index (κ3) is 3.82. The molecule has 1 fully saturated rings. The lowest BCUT2D eigenvalue weighted by Gasteiger charge is -2.14. The molecule has 1 saturated carbocycles. The molecular formula is C13H22N2O4S. The molecule has 1 aromatic heterocycles. The molecule has 0 unspecified atom stereocenters. The van der Waals surface area contributed by atoms with Crippen LogP contribution in [0.15, 0.2) is 21.6 Å². The van der Waals surface area contributed by atoms with E-state index in [1.807, 2.05) is 0 Å². The smallest absolute Gasteiger partial charge is 0.273 e. The summed E-state index contributed by atoms with van der Waals surface area (Å²) in [6, 6.07) is 3.16. The Balaban J connectivity index is 1.93. The summed E-state index contributed by atoms with van der Waals surface area (Å²) in [6.07, 6.45) is 2.97. The van der Waals surface area contributed by atoms with Gasteiger partial charge in [0.05, 0.1) is 6.54 Å². The van der Waals surface area contributed by atoms with Gasteiger partial charge in [0, 0.05) is 20.3 Å². The molecule has 1 aliphatic rings. The SMILES string of the molecule is CNCc1ccc(S(=O)(=O)NCC2(CCOC)CC2)o1. The first-order chi connectivity index (χ1) is 9.51. The van der Waals surface area contributed by atoms with Crippen molar-refractivity contribution in [1.29, 1.82) is 0 Å². The molecule has 7 heteroatoms. The zero-order valence-corrected chi connectivity index (χ0v) is 12.8. The second-order valence-corrected chi connectivity index (χ2v) is 7.02. The number of ether oxygens (including phenoxy) is 1. The van der Waals surface area contributed by atoms with E-state index in [0.29, 0.717) is 25.5 Å². The molecule has 0 spiro atoms. The van der Waals surface area contributed by atoms with Crippen molar-refractivity contribution in [2.75, 3.05) is 27.3 Å². The maximum Gasteiger partial charge on any atom is 0.273 e. The fraction of sp³-hybridized carbons (Fsp3) is 0.692. The summed E-state index contributed by atoms with van der Waals surface area (Å²) >= 11 is 0. The van der Waals surface area contributed by atoms with Gasteiger partial charge in [-0.15, -0.1) is 0 Å². The minimum Gasteiger partial charge on any atom is -0.447 e. The summed E-state index contributed by atoms with van der Waals surface area (Å²) in [5.41, 5.74) is 0.0729. The summed E-state index contributed by atoms with van der Waals surface area (Å²) in [7, 11) is -0.123. The third-order valence-electron chi connectivity index (χ3n) is 3.68. The average molecular weight is 302 g/mol. The van der Waals surface area contributed by atoms with Gasteiger partial charge in [0.2, 0.25) is 5.09 Å². The van der Waals surface area contributed by atoms with Crippen molar-refractivity contribution in [2.24, 2.45) is 5.41 Å². The van der Waals surface area contributed by atoms with Crippen LogP contribution in [0.2, 0.25) is 0 Å². The van der Waals surface area contributed by atoms with Crippen molar-refractivity contribution in [3.8, 4) is 0 Å². The van der Waals surface area contributed by atoms with Crippen molar-refractivity contribution in [3.05, 3.63) is 17.9 Å². The van der Waals surface area contributed by atoms with E-state index in [-0.39, 0.29) is 10.5 Å². The summed E-state index contributed by atoms with van der Waals surface area (Å²) in [5, 5.41) is 2.89. The fourth-order valence-corrected chi connectivity index (χ4v) is 3.20. The Morgan fingerprint density at radius 3 is 2.75 bits per heavy atom. The maximum absolute atomic E-state index is 12.1. The van der Waals surface area contributed by atoms with E-state index in [1.54, 1.807) is 20.2 Å². The second-order valence-electron chi connectivity index (χ2n) is 5.32. The minimum atomic E-state index is -3.56. The van der Waals surface area contributed by atoms with Gasteiger partial charge in [0.1, 0.15) is 5.76 Å². The van der Waals surface area contributed by atoms with Gasteiger partial charge in [-0.1, -0.05) is 0 Å². The Hall–Kier alpha value is -0.890. The van der Waals surface area contributed by atoms with Gasteiger partial charge in [-0.25, -0.2) is 13.1 Å². The van der Waals surface area contributed by atoms with Crippen molar-refractivity contribution in [3.63, 3.8) is 0 Å². The number of hydrogen-bond donors (Lipinski definition) is 2.